The van der Waals surface area contributed by atoms with Gasteiger partial charge in [-0.05, 0) is 20.3 Å². The van der Waals surface area contributed by atoms with Crippen LogP contribution in [-0.2, 0) is 9.84 Å². The van der Waals surface area contributed by atoms with Gasteiger partial charge in [-0.3, -0.25) is 9.48 Å². The number of sulfone groups is 1. The average Bonchev–Trinajstić information content (AvgIpc) is 2.61. The Morgan fingerprint density at radius 2 is 2.12 bits per heavy atom. The predicted octanol–water partition coefficient (Wildman–Crippen LogP) is 1.46. The van der Waals surface area contributed by atoms with E-state index in [-0.39, 0.29) is 22.4 Å². The highest BCUT2D eigenvalue weighted by Gasteiger charge is 2.24. The van der Waals surface area contributed by atoms with Crippen LogP contribution in [0.3, 0.4) is 0 Å². The average molecular weight is 244 g/mol. The van der Waals surface area contributed by atoms with Crippen LogP contribution in [0.25, 0.3) is 0 Å². The predicted molar refractivity (Wildman–Crippen MR) is 60.3 cm³/mol. The van der Waals surface area contributed by atoms with Crippen molar-refractivity contribution in [2.75, 3.05) is 5.75 Å². The Morgan fingerprint density at radius 1 is 1.50 bits per heavy atom. The van der Waals surface area contributed by atoms with Crippen molar-refractivity contribution in [3.05, 3.63) is 11.8 Å². The molecule has 0 saturated carbocycles. The van der Waals surface area contributed by atoms with Crippen LogP contribution in [-0.4, -0.2) is 30.2 Å². The van der Waals surface area contributed by atoms with Gasteiger partial charge < -0.3 is 0 Å². The van der Waals surface area contributed by atoms with Crippen molar-refractivity contribution in [3.63, 3.8) is 0 Å². The molecule has 0 spiro atoms. The summed E-state index contributed by atoms with van der Waals surface area (Å²) in [5, 5.41) is 3.98. The number of aromatic nitrogens is 2. The zero-order valence-corrected chi connectivity index (χ0v) is 10.5. The number of nitrogens with zero attached hydrogens (tertiary/aromatic N) is 2. The maximum Gasteiger partial charge on any atom is 0.196 e. The van der Waals surface area contributed by atoms with E-state index in [1.165, 1.54) is 10.9 Å². The molecule has 0 aliphatic rings. The van der Waals surface area contributed by atoms with Crippen molar-refractivity contribution in [1.82, 2.24) is 9.78 Å². The van der Waals surface area contributed by atoms with Gasteiger partial charge in [-0.1, -0.05) is 6.92 Å². The molecule has 0 radical (unpaired) electrons. The lowest BCUT2D eigenvalue weighted by molar-refractivity contribution is 0.112. The fraction of sp³-hybridized carbons (Fsp3) is 0.600. The molecule has 0 unspecified atom stereocenters. The Morgan fingerprint density at radius 3 is 2.56 bits per heavy atom. The molecule has 1 aromatic rings. The van der Waals surface area contributed by atoms with Crippen molar-refractivity contribution < 1.29 is 13.2 Å². The number of hydrogen-bond donors (Lipinski definition) is 0. The molecule has 90 valence electrons. The van der Waals surface area contributed by atoms with Crippen molar-refractivity contribution in [3.8, 4) is 0 Å². The van der Waals surface area contributed by atoms with Gasteiger partial charge >= 0.3 is 0 Å². The molecule has 0 atom stereocenters. The van der Waals surface area contributed by atoms with Crippen LogP contribution in [0.2, 0.25) is 0 Å². The fourth-order valence-corrected chi connectivity index (χ4v) is 3.23. The Bertz CT molecular complexity index is 474. The van der Waals surface area contributed by atoms with Crippen molar-refractivity contribution >= 4 is 16.1 Å². The summed E-state index contributed by atoms with van der Waals surface area (Å²) in [7, 11) is -3.42. The van der Waals surface area contributed by atoms with E-state index in [0.29, 0.717) is 12.7 Å². The van der Waals surface area contributed by atoms with Gasteiger partial charge in [-0.15, -0.1) is 0 Å². The highest BCUT2D eigenvalue weighted by atomic mass is 32.2. The minimum atomic E-state index is -3.42. The monoisotopic (exact) mass is 244 g/mol. The molecule has 0 amide bonds. The van der Waals surface area contributed by atoms with E-state index < -0.39 is 9.84 Å². The van der Waals surface area contributed by atoms with Gasteiger partial charge in [0.05, 0.1) is 17.5 Å². The number of carbonyl (C=O) groups excluding carboxylic acids is 1. The summed E-state index contributed by atoms with van der Waals surface area (Å²) in [5.74, 6) is 0.0340. The maximum atomic E-state index is 12.0. The molecule has 0 aromatic carbocycles. The molecule has 6 heteroatoms. The van der Waals surface area contributed by atoms with E-state index in [1.807, 2.05) is 13.8 Å². The lowest BCUT2D eigenvalue weighted by Gasteiger charge is -2.11. The Hall–Kier alpha value is -1.17. The van der Waals surface area contributed by atoms with E-state index in [4.69, 9.17) is 0 Å². The van der Waals surface area contributed by atoms with Gasteiger partial charge in [0.1, 0.15) is 0 Å². The lowest BCUT2D eigenvalue weighted by Crippen LogP contribution is -2.16. The minimum Gasteiger partial charge on any atom is -0.298 e. The number of carbonyl (C=O) groups is 1. The molecule has 0 bridgehead atoms. The molecule has 0 saturated heterocycles. The Balaban J connectivity index is 3.39. The quantitative estimate of drug-likeness (QED) is 0.735. The van der Waals surface area contributed by atoms with E-state index in [2.05, 4.69) is 5.10 Å². The number of rotatable bonds is 5. The molecule has 1 rings (SSSR count). The summed E-state index contributed by atoms with van der Waals surface area (Å²) in [5.41, 5.74) is 0.141. The second-order valence-corrected chi connectivity index (χ2v) is 5.90. The third kappa shape index (κ3) is 2.32. The summed E-state index contributed by atoms with van der Waals surface area (Å²) >= 11 is 0. The first-order chi connectivity index (χ1) is 7.44. The highest BCUT2D eigenvalue weighted by molar-refractivity contribution is 7.91. The molecule has 0 aliphatic carbocycles. The first-order valence-electron chi connectivity index (χ1n) is 5.19. The number of hydrogen-bond acceptors (Lipinski definition) is 4. The molecule has 0 N–H and O–H groups in total. The van der Waals surface area contributed by atoms with Gasteiger partial charge in [0.25, 0.3) is 0 Å². The summed E-state index contributed by atoms with van der Waals surface area (Å²) < 4.78 is 25.3. The van der Waals surface area contributed by atoms with E-state index in [9.17, 15) is 13.2 Å². The second-order valence-electron chi connectivity index (χ2n) is 3.88. The van der Waals surface area contributed by atoms with Crippen LogP contribution in [0.15, 0.2) is 11.2 Å². The van der Waals surface area contributed by atoms with Crippen LogP contribution >= 0.6 is 0 Å². The molecule has 16 heavy (non-hydrogen) atoms. The third-order valence-corrected chi connectivity index (χ3v) is 4.12. The molecular formula is C10H16N2O3S. The molecule has 1 aromatic heterocycles. The zero-order chi connectivity index (χ0) is 12.3. The van der Waals surface area contributed by atoms with E-state index in [0.717, 1.165) is 0 Å². The standard InChI is InChI=1S/C10H16N2O3S/c1-4-5-16(14,15)10-9(7-13)6-11-12(10)8(2)3/h6-8H,4-5H2,1-3H3. The summed E-state index contributed by atoms with van der Waals surface area (Å²) in [6.45, 7) is 5.44. The minimum absolute atomic E-state index is 0.0340. The van der Waals surface area contributed by atoms with Gasteiger partial charge in [0.15, 0.2) is 21.1 Å². The van der Waals surface area contributed by atoms with Crippen LogP contribution in [0.5, 0.6) is 0 Å². The highest BCUT2D eigenvalue weighted by Crippen LogP contribution is 2.20. The van der Waals surface area contributed by atoms with Crippen molar-refractivity contribution in [1.29, 1.82) is 0 Å². The van der Waals surface area contributed by atoms with Gasteiger partial charge in [0, 0.05) is 6.04 Å². The SMILES string of the molecule is CCCS(=O)(=O)c1c(C=O)cnn1C(C)C. The second kappa shape index (κ2) is 4.78. The molecule has 1 heterocycles. The van der Waals surface area contributed by atoms with Gasteiger partial charge in [-0.2, -0.15) is 5.10 Å². The molecular weight excluding hydrogens is 228 g/mol. The number of aldehydes is 1. The molecule has 5 nitrogen and oxygen atoms in total. The summed E-state index contributed by atoms with van der Waals surface area (Å²) in [6.07, 6.45) is 2.36. The molecule has 0 fully saturated rings. The Labute approximate surface area is 95.4 Å². The summed E-state index contributed by atoms with van der Waals surface area (Å²) in [4.78, 5) is 10.8. The van der Waals surface area contributed by atoms with Crippen LogP contribution in [0, 0.1) is 0 Å². The van der Waals surface area contributed by atoms with E-state index in [1.54, 1.807) is 6.92 Å². The lowest BCUT2D eigenvalue weighted by atomic mass is 10.4. The van der Waals surface area contributed by atoms with Gasteiger partial charge in [-0.25, -0.2) is 8.42 Å². The summed E-state index contributed by atoms with van der Waals surface area (Å²) in [6, 6.07) is -0.0877. The fourth-order valence-electron chi connectivity index (χ4n) is 1.50. The van der Waals surface area contributed by atoms with Crippen molar-refractivity contribution in [2.45, 2.75) is 38.3 Å². The maximum absolute atomic E-state index is 12.0. The molecule has 0 aliphatic heterocycles. The van der Waals surface area contributed by atoms with Crippen LogP contribution in [0.4, 0.5) is 0 Å². The third-order valence-electron chi connectivity index (χ3n) is 2.16. The topological polar surface area (TPSA) is 69.0 Å². The zero-order valence-electron chi connectivity index (χ0n) is 9.67. The first kappa shape index (κ1) is 12.9. The van der Waals surface area contributed by atoms with E-state index >= 15 is 0 Å². The van der Waals surface area contributed by atoms with Crippen molar-refractivity contribution in [2.24, 2.45) is 0 Å². The van der Waals surface area contributed by atoms with Crippen LogP contribution in [0.1, 0.15) is 43.6 Å². The van der Waals surface area contributed by atoms with Crippen LogP contribution < -0.4 is 0 Å². The smallest absolute Gasteiger partial charge is 0.196 e. The largest absolute Gasteiger partial charge is 0.298 e. The normalized spacial score (nSPS) is 12.0. The first-order valence-corrected chi connectivity index (χ1v) is 6.84. The van der Waals surface area contributed by atoms with Gasteiger partial charge in [0.2, 0.25) is 0 Å². The Kier molecular flexibility index (Phi) is 3.85.